The molecule has 1 atom stereocenters. The minimum Gasteiger partial charge on any atom is -0.374 e. The van der Waals surface area contributed by atoms with Crippen molar-refractivity contribution in [3.05, 3.63) is 48.3 Å². The first-order valence-electron chi connectivity index (χ1n) is 6.48. The molecule has 21 heavy (non-hydrogen) atoms. The van der Waals surface area contributed by atoms with Crippen molar-refractivity contribution in [2.45, 2.75) is 19.5 Å². The molecule has 1 unspecified atom stereocenters. The van der Waals surface area contributed by atoms with Crippen LogP contribution in [-0.4, -0.2) is 27.8 Å². The predicted octanol–water partition coefficient (Wildman–Crippen LogP) is 0.927. The number of nitrogens with one attached hydrogen (secondary N) is 2. The van der Waals surface area contributed by atoms with Gasteiger partial charge in [-0.2, -0.15) is 5.10 Å². The smallest absolute Gasteiger partial charge is 0.318 e. The lowest BCUT2D eigenvalue weighted by molar-refractivity contribution is -0.120. The number of benzene rings is 1. The number of urea groups is 1. The zero-order valence-corrected chi connectivity index (χ0v) is 11.6. The van der Waals surface area contributed by atoms with Crippen LogP contribution in [-0.2, 0) is 11.3 Å². The molecule has 0 radical (unpaired) electrons. The van der Waals surface area contributed by atoms with Crippen molar-refractivity contribution in [1.82, 2.24) is 15.1 Å². The molecule has 7 heteroatoms. The van der Waals surface area contributed by atoms with E-state index in [2.05, 4.69) is 10.4 Å². The van der Waals surface area contributed by atoms with Crippen molar-refractivity contribution in [1.29, 1.82) is 0 Å². The number of amides is 3. The summed E-state index contributed by atoms with van der Waals surface area (Å²) in [6.07, 6.45) is 3.60. The van der Waals surface area contributed by atoms with Gasteiger partial charge in [0.25, 0.3) is 0 Å². The molecule has 0 aliphatic heterocycles. The number of carbonyl (C=O) groups excluding carboxylic acids is 2. The number of hydrogen-bond acceptors (Lipinski definition) is 4. The molecule has 7 nitrogen and oxygen atoms in total. The van der Waals surface area contributed by atoms with Crippen LogP contribution in [0.5, 0.6) is 0 Å². The molecule has 0 saturated heterocycles. The Bertz CT molecular complexity index is 624. The van der Waals surface area contributed by atoms with Crippen molar-refractivity contribution in [3.8, 4) is 0 Å². The third-order valence-corrected chi connectivity index (χ3v) is 2.85. The molecule has 110 valence electrons. The number of nitrogens with zero attached hydrogens (tertiary/aromatic N) is 2. The highest BCUT2D eigenvalue weighted by molar-refractivity contribution is 5.97. The Labute approximate surface area is 122 Å². The van der Waals surface area contributed by atoms with Gasteiger partial charge in [-0.25, -0.2) is 4.79 Å². The summed E-state index contributed by atoms with van der Waals surface area (Å²) >= 11 is 0. The van der Waals surface area contributed by atoms with Gasteiger partial charge in [-0.1, -0.05) is 12.1 Å². The Morgan fingerprint density at radius 1 is 1.38 bits per heavy atom. The average molecular weight is 287 g/mol. The highest BCUT2D eigenvalue weighted by Crippen LogP contribution is 2.13. The van der Waals surface area contributed by atoms with Crippen molar-refractivity contribution < 1.29 is 9.59 Å². The van der Waals surface area contributed by atoms with Crippen LogP contribution in [0.1, 0.15) is 12.5 Å². The Kier molecular flexibility index (Phi) is 4.55. The van der Waals surface area contributed by atoms with E-state index in [1.807, 2.05) is 46.5 Å². The molecule has 4 N–H and O–H groups in total. The number of carbonyl (C=O) groups is 2. The first kappa shape index (κ1) is 14.6. The third kappa shape index (κ3) is 4.34. The highest BCUT2D eigenvalue weighted by Gasteiger charge is 2.14. The van der Waals surface area contributed by atoms with E-state index in [4.69, 9.17) is 5.73 Å². The third-order valence-electron chi connectivity index (χ3n) is 2.85. The molecule has 2 aromatic rings. The summed E-state index contributed by atoms with van der Waals surface area (Å²) in [7, 11) is 0. The van der Waals surface area contributed by atoms with E-state index in [0.717, 1.165) is 11.3 Å². The number of rotatable bonds is 5. The van der Waals surface area contributed by atoms with Crippen LogP contribution in [0.2, 0.25) is 0 Å². The maximum atomic E-state index is 11.6. The Morgan fingerprint density at radius 3 is 2.86 bits per heavy atom. The van der Waals surface area contributed by atoms with Gasteiger partial charge in [-0.3, -0.25) is 14.8 Å². The van der Waals surface area contributed by atoms with Crippen LogP contribution in [0.4, 0.5) is 10.5 Å². The molecular formula is C14H17N5O2. The van der Waals surface area contributed by atoms with E-state index < -0.39 is 18.0 Å². The summed E-state index contributed by atoms with van der Waals surface area (Å²) < 4.78 is 1.81. The summed E-state index contributed by atoms with van der Waals surface area (Å²) in [5.41, 5.74) is 6.75. The normalized spacial score (nSPS) is 11.7. The molecule has 3 amide bonds. The van der Waals surface area contributed by atoms with E-state index in [-0.39, 0.29) is 0 Å². The summed E-state index contributed by atoms with van der Waals surface area (Å²) in [5, 5.41) is 9.20. The first-order chi connectivity index (χ1) is 10.0. The Morgan fingerprint density at radius 2 is 2.19 bits per heavy atom. The van der Waals surface area contributed by atoms with Gasteiger partial charge >= 0.3 is 6.03 Å². The van der Waals surface area contributed by atoms with Gasteiger partial charge in [0, 0.05) is 18.1 Å². The van der Waals surface area contributed by atoms with Crippen molar-refractivity contribution in [2.75, 3.05) is 5.32 Å². The molecule has 0 saturated carbocycles. The number of aromatic nitrogens is 2. The second kappa shape index (κ2) is 6.56. The molecule has 0 spiro atoms. The molecule has 0 aliphatic carbocycles. The molecule has 1 heterocycles. The first-order valence-corrected chi connectivity index (χ1v) is 6.48. The topological polar surface area (TPSA) is 102 Å². The van der Waals surface area contributed by atoms with Gasteiger partial charge in [0.2, 0.25) is 5.91 Å². The van der Waals surface area contributed by atoms with E-state index in [0.29, 0.717) is 6.54 Å². The van der Waals surface area contributed by atoms with Crippen LogP contribution in [0.3, 0.4) is 0 Å². The number of primary amides is 1. The second-order valence-corrected chi connectivity index (χ2v) is 4.62. The molecule has 2 rings (SSSR count). The lowest BCUT2D eigenvalue weighted by Gasteiger charge is -2.14. The SMILES string of the molecule is CC(Nc1cccc(Cn2cccn2)c1)C(=O)NC(N)=O. The minimum absolute atomic E-state index is 0.472. The van der Waals surface area contributed by atoms with Crippen LogP contribution in [0, 0.1) is 0 Å². The molecule has 0 bridgehead atoms. The number of anilines is 1. The van der Waals surface area contributed by atoms with Crippen LogP contribution in [0.15, 0.2) is 42.7 Å². The second-order valence-electron chi connectivity index (χ2n) is 4.62. The van der Waals surface area contributed by atoms with Gasteiger partial charge in [-0.15, -0.1) is 0 Å². The summed E-state index contributed by atoms with van der Waals surface area (Å²) in [6.45, 7) is 2.29. The average Bonchev–Trinajstić information content (AvgIpc) is 2.91. The Balaban J connectivity index is 2.00. The lowest BCUT2D eigenvalue weighted by atomic mass is 10.2. The van der Waals surface area contributed by atoms with Crippen LogP contribution in [0.25, 0.3) is 0 Å². The zero-order valence-electron chi connectivity index (χ0n) is 11.6. The van der Waals surface area contributed by atoms with Crippen molar-refractivity contribution in [2.24, 2.45) is 5.73 Å². The predicted molar refractivity (Wildman–Crippen MR) is 78.6 cm³/mol. The van der Waals surface area contributed by atoms with E-state index in [1.54, 1.807) is 13.1 Å². The fourth-order valence-corrected chi connectivity index (χ4v) is 1.89. The Hall–Kier alpha value is -2.83. The summed E-state index contributed by atoms with van der Waals surface area (Å²) in [5.74, 6) is -0.472. The van der Waals surface area contributed by atoms with Crippen molar-refractivity contribution in [3.63, 3.8) is 0 Å². The standard InChI is InChI=1S/C14H17N5O2/c1-10(13(20)18-14(15)21)17-12-5-2-4-11(8-12)9-19-7-3-6-16-19/h2-8,10,17H,9H2,1H3,(H3,15,18,20,21). The van der Waals surface area contributed by atoms with Crippen LogP contribution < -0.4 is 16.4 Å². The van der Waals surface area contributed by atoms with Gasteiger partial charge in [-0.05, 0) is 30.7 Å². The number of hydrogen-bond donors (Lipinski definition) is 3. The minimum atomic E-state index is -0.860. The summed E-state index contributed by atoms with van der Waals surface area (Å²) in [4.78, 5) is 22.3. The monoisotopic (exact) mass is 287 g/mol. The molecule has 0 fully saturated rings. The number of imide groups is 1. The van der Waals surface area contributed by atoms with Crippen molar-refractivity contribution >= 4 is 17.6 Å². The van der Waals surface area contributed by atoms with Gasteiger partial charge < -0.3 is 11.1 Å². The molecule has 1 aromatic heterocycles. The van der Waals surface area contributed by atoms with Gasteiger partial charge in [0.1, 0.15) is 6.04 Å². The molecule has 1 aromatic carbocycles. The molecule has 0 aliphatic rings. The maximum absolute atomic E-state index is 11.6. The molecular weight excluding hydrogens is 270 g/mol. The van der Waals surface area contributed by atoms with E-state index >= 15 is 0 Å². The number of nitrogens with two attached hydrogens (primary N) is 1. The highest BCUT2D eigenvalue weighted by atomic mass is 16.2. The van der Waals surface area contributed by atoms with E-state index in [9.17, 15) is 9.59 Å². The fourth-order valence-electron chi connectivity index (χ4n) is 1.89. The fraction of sp³-hybridized carbons (Fsp3) is 0.214. The lowest BCUT2D eigenvalue weighted by Crippen LogP contribution is -2.43. The largest absolute Gasteiger partial charge is 0.374 e. The van der Waals surface area contributed by atoms with Gasteiger partial charge in [0.15, 0.2) is 0 Å². The quantitative estimate of drug-likeness (QED) is 0.761. The van der Waals surface area contributed by atoms with Gasteiger partial charge in [0.05, 0.1) is 6.54 Å². The van der Waals surface area contributed by atoms with E-state index in [1.165, 1.54) is 0 Å². The van der Waals surface area contributed by atoms with Crippen LogP contribution >= 0.6 is 0 Å². The maximum Gasteiger partial charge on any atom is 0.318 e. The summed E-state index contributed by atoms with van der Waals surface area (Å²) in [6, 6.07) is 8.06. The zero-order chi connectivity index (χ0) is 15.2.